The maximum absolute atomic E-state index is 11.5. The highest BCUT2D eigenvalue weighted by molar-refractivity contribution is 5.96. The Morgan fingerprint density at radius 3 is 1.88 bits per heavy atom. The van der Waals surface area contributed by atoms with Crippen LogP contribution in [-0.4, -0.2) is 16.0 Å². The first-order chi connectivity index (χ1) is 11.7. The standard InChI is InChI=1S/C17H18O3.C3H6.C2H4/c1-11(18)15-10-13(6-9-16(15)20)17(2,3)12-4-7-14(19)8-5-12;1-3-2;1-2/h4-10,19-20H,1-3H3;3H,1H2,2H3;1-2H2. The van der Waals surface area contributed by atoms with Crippen molar-refractivity contribution in [1.29, 1.82) is 0 Å². The summed E-state index contributed by atoms with van der Waals surface area (Å²) in [6, 6.07) is 12.1. The third kappa shape index (κ3) is 5.96. The fourth-order valence-electron chi connectivity index (χ4n) is 2.25. The summed E-state index contributed by atoms with van der Waals surface area (Å²) in [5, 5.41) is 19.1. The Bertz CT molecular complexity index is 698. The highest BCUT2D eigenvalue weighted by atomic mass is 16.3. The zero-order valence-corrected chi connectivity index (χ0v) is 15.5. The highest BCUT2D eigenvalue weighted by Crippen LogP contribution is 2.34. The summed E-state index contributed by atoms with van der Waals surface area (Å²) in [6.07, 6.45) is 1.75. The van der Waals surface area contributed by atoms with E-state index in [-0.39, 0.29) is 22.7 Å². The number of ketones is 1. The van der Waals surface area contributed by atoms with Gasteiger partial charge in [0.1, 0.15) is 11.5 Å². The average molecular weight is 340 g/mol. The molecule has 134 valence electrons. The molecule has 2 N–H and O–H groups in total. The van der Waals surface area contributed by atoms with E-state index in [4.69, 9.17) is 0 Å². The number of phenols is 2. The van der Waals surface area contributed by atoms with Gasteiger partial charge in [0.25, 0.3) is 0 Å². The number of hydrogen-bond acceptors (Lipinski definition) is 3. The molecule has 0 unspecified atom stereocenters. The third-order valence-electron chi connectivity index (χ3n) is 3.69. The largest absolute Gasteiger partial charge is 0.508 e. The van der Waals surface area contributed by atoms with Crippen molar-refractivity contribution in [2.75, 3.05) is 0 Å². The first kappa shape index (κ1) is 22.2. The molecule has 0 amide bonds. The zero-order chi connectivity index (χ0) is 19.6. The van der Waals surface area contributed by atoms with E-state index < -0.39 is 0 Å². The maximum atomic E-state index is 11.5. The molecule has 2 rings (SSSR count). The minimum absolute atomic E-state index is 0.00255. The third-order valence-corrected chi connectivity index (χ3v) is 3.69. The van der Waals surface area contributed by atoms with Crippen molar-refractivity contribution < 1.29 is 15.0 Å². The molecular weight excluding hydrogens is 312 g/mol. The van der Waals surface area contributed by atoms with E-state index >= 15 is 0 Å². The summed E-state index contributed by atoms with van der Waals surface area (Å²) in [6.45, 7) is 16.8. The number of Topliss-reactive ketones (excluding diaryl/α,β-unsaturated/α-hetero) is 1. The molecule has 3 heteroatoms. The molecule has 0 saturated heterocycles. The van der Waals surface area contributed by atoms with Crippen molar-refractivity contribution in [2.45, 2.75) is 33.1 Å². The summed E-state index contributed by atoms with van der Waals surface area (Å²) in [4.78, 5) is 11.5. The second kappa shape index (κ2) is 10.1. The molecule has 0 spiro atoms. The lowest BCUT2D eigenvalue weighted by molar-refractivity contribution is 0.101. The van der Waals surface area contributed by atoms with E-state index in [1.165, 1.54) is 6.92 Å². The Morgan fingerprint density at radius 1 is 1.00 bits per heavy atom. The van der Waals surface area contributed by atoms with E-state index in [0.717, 1.165) is 11.1 Å². The van der Waals surface area contributed by atoms with Crippen molar-refractivity contribution >= 4 is 5.78 Å². The van der Waals surface area contributed by atoms with E-state index in [2.05, 4.69) is 19.7 Å². The van der Waals surface area contributed by atoms with Crippen LogP contribution in [0, 0.1) is 0 Å². The molecule has 0 radical (unpaired) electrons. The molecule has 0 aliphatic heterocycles. The molecule has 0 aliphatic rings. The molecule has 25 heavy (non-hydrogen) atoms. The van der Waals surface area contributed by atoms with Gasteiger partial charge in [-0.25, -0.2) is 0 Å². The average Bonchev–Trinajstić information content (AvgIpc) is 2.57. The molecule has 3 nitrogen and oxygen atoms in total. The summed E-state index contributed by atoms with van der Waals surface area (Å²) < 4.78 is 0. The second-order valence-electron chi connectivity index (χ2n) is 5.87. The number of carbonyl (C=O) groups is 1. The molecule has 0 atom stereocenters. The van der Waals surface area contributed by atoms with Gasteiger partial charge in [-0.1, -0.05) is 38.1 Å². The molecule has 0 fully saturated rings. The van der Waals surface area contributed by atoms with Crippen molar-refractivity contribution in [2.24, 2.45) is 0 Å². The molecule has 0 heterocycles. The minimum Gasteiger partial charge on any atom is -0.508 e. The van der Waals surface area contributed by atoms with Crippen LogP contribution in [0.5, 0.6) is 11.5 Å². The van der Waals surface area contributed by atoms with Gasteiger partial charge in [-0.05, 0) is 49.2 Å². The Morgan fingerprint density at radius 2 is 1.44 bits per heavy atom. The Hall–Kier alpha value is -2.81. The van der Waals surface area contributed by atoms with E-state index in [1.807, 2.05) is 39.0 Å². The molecular formula is C22H28O3. The summed E-state index contributed by atoms with van der Waals surface area (Å²) in [5.41, 5.74) is 1.96. The number of phenolic OH excluding ortho intramolecular Hbond substituents is 2. The Kier molecular flexibility index (Phi) is 9.00. The molecule has 0 saturated carbocycles. The fraction of sp³-hybridized carbons (Fsp3) is 0.227. The molecule has 0 bridgehead atoms. The van der Waals surface area contributed by atoms with Gasteiger partial charge in [0.05, 0.1) is 5.56 Å². The number of carbonyl (C=O) groups excluding carboxylic acids is 1. The van der Waals surface area contributed by atoms with Crippen LogP contribution in [0.25, 0.3) is 0 Å². The quantitative estimate of drug-likeness (QED) is 0.563. The molecule has 0 aromatic heterocycles. The van der Waals surface area contributed by atoms with E-state index in [1.54, 1.807) is 30.3 Å². The van der Waals surface area contributed by atoms with Crippen LogP contribution in [-0.2, 0) is 5.41 Å². The number of allylic oxidation sites excluding steroid dienone is 1. The molecule has 2 aromatic rings. The van der Waals surface area contributed by atoms with Crippen molar-refractivity contribution in [1.82, 2.24) is 0 Å². The van der Waals surface area contributed by atoms with Crippen molar-refractivity contribution in [3.8, 4) is 11.5 Å². The van der Waals surface area contributed by atoms with E-state index in [9.17, 15) is 15.0 Å². The monoisotopic (exact) mass is 340 g/mol. The summed E-state index contributed by atoms with van der Waals surface area (Å²) >= 11 is 0. The van der Waals surface area contributed by atoms with Gasteiger partial charge in [-0.15, -0.1) is 19.7 Å². The van der Waals surface area contributed by atoms with Crippen LogP contribution < -0.4 is 0 Å². The summed E-state index contributed by atoms with van der Waals surface area (Å²) in [7, 11) is 0. The van der Waals surface area contributed by atoms with Gasteiger partial charge in [0.2, 0.25) is 0 Å². The van der Waals surface area contributed by atoms with Gasteiger partial charge >= 0.3 is 0 Å². The second-order valence-corrected chi connectivity index (χ2v) is 5.87. The van der Waals surface area contributed by atoms with Crippen LogP contribution in [0.3, 0.4) is 0 Å². The minimum atomic E-state index is -0.328. The number of aromatic hydroxyl groups is 2. The lowest BCUT2D eigenvalue weighted by Gasteiger charge is -2.26. The van der Waals surface area contributed by atoms with Gasteiger partial charge in [-0.3, -0.25) is 4.79 Å². The Labute approximate surface area is 151 Å². The van der Waals surface area contributed by atoms with Crippen LogP contribution in [0.1, 0.15) is 49.2 Å². The SMILES string of the molecule is C=C.C=CC.CC(=O)c1cc(C(C)(C)c2ccc(O)cc2)ccc1O. The van der Waals surface area contributed by atoms with Gasteiger partial charge < -0.3 is 10.2 Å². The number of hydrogen-bond donors (Lipinski definition) is 2. The van der Waals surface area contributed by atoms with Gasteiger partial charge in [0.15, 0.2) is 5.78 Å². The normalized spacial score (nSPS) is 9.76. The zero-order valence-electron chi connectivity index (χ0n) is 15.5. The lowest BCUT2D eigenvalue weighted by Crippen LogP contribution is -2.19. The topological polar surface area (TPSA) is 57.5 Å². The van der Waals surface area contributed by atoms with Crippen molar-refractivity contribution in [3.63, 3.8) is 0 Å². The van der Waals surface area contributed by atoms with E-state index in [0.29, 0.717) is 5.56 Å². The number of rotatable bonds is 3. The highest BCUT2D eigenvalue weighted by Gasteiger charge is 2.24. The van der Waals surface area contributed by atoms with Crippen LogP contribution >= 0.6 is 0 Å². The van der Waals surface area contributed by atoms with Gasteiger partial charge in [0, 0.05) is 5.41 Å². The first-order valence-corrected chi connectivity index (χ1v) is 7.95. The molecule has 0 aliphatic carbocycles. The van der Waals surface area contributed by atoms with Crippen LogP contribution in [0.15, 0.2) is 68.3 Å². The predicted molar refractivity (Wildman–Crippen MR) is 105 cm³/mol. The predicted octanol–water partition coefficient (Wildman–Crippen LogP) is 5.62. The summed E-state index contributed by atoms with van der Waals surface area (Å²) in [5.74, 6) is 0.0632. The Balaban J connectivity index is 0.00000104. The lowest BCUT2D eigenvalue weighted by atomic mass is 9.77. The number of benzene rings is 2. The maximum Gasteiger partial charge on any atom is 0.163 e. The van der Waals surface area contributed by atoms with Crippen LogP contribution in [0.4, 0.5) is 0 Å². The van der Waals surface area contributed by atoms with Gasteiger partial charge in [-0.2, -0.15) is 0 Å². The van der Waals surface area contributed by atoms with Crippen LogP contribution in [0.2, 0.25) is 0 Å². The first-order valence-electron chi connectivity index (χ1n) is 7.95. The molecule has 2 aromatic carbocycles. The fourth-order valence-corrected chi connectivity index (χ4v) is 2.25. The van der Waals surface area contributed by atoms with Crippen molar-refractivity contribution in [3.05, 3.63) is 85.0 Å². The smallest absolute Gasteiger partial charge is 0.163 e.